The number of benzene rings is 2. The molecule has 1 heterocycles. The number of phenolic OH excluding ortho intramolecular Hbond substituents is 2. The van der Waals surface area contributed by atoms with E-state index in [2.05, 4.69) is 0 Å². The molecule has 1 aromatic heterocycles. The lowest BCUT2D eigenvalue weighted by Gasteiger charge is -2.08. The van der Waals surface area contributed by atoms with Gasteiger partial charge >= 0.3 is 5.63 Å². The van der Waals surface area contributed by atoms with Gasteiger partial charge in [0.1, 0.15) is 0 Å². The fraction of sp³-hybridized carbons (Fsp3) is 0. The quantitative estimate of drug-likeness (QED) is 0.517. The molecule has 0 bridgehead atoms. The first-order valence-corrected chi connectivity index (χ1v) is 5.71. The minimum atomic E-state index is -0.576. The zero-order valence-electron chi connectivity index (χ0n) is 9.83. The maximum Gasteiger partial charge on any atom is 0.336 e. The summed E-state index contributed by atoms with van der Waals surface area (Å²) >= 11 is 0. The molecule has 0 spiro atoms. The molecule has 19 heavy (non-hydrogen) atoms. The molecule has 0 aliphatic carbocycles. The molecule has 0 aliphatic rings. The molecular weight excluding hydrogens is 244 g/mol. The molecule has 0 aliphatic heterocycles. The monoisotopic (exact) mass is 254 g/mol. The molecule has 0 saturated carbocycles. The molecule has 4 heteroatoms. The molecule has 0 saturated heterocycles. The van der Waals surface area contributed by atoms with E-state index >= 15 is 0 Å². The van der Waals surface area contributed by atoms with Crippen molar-refractivity contribution >= 4 is 11.0 Å². The topological polar surface area (TPSA) is 70.7 Å². The lowest BCUT2D eigenvalue weighted by atomic mass is 10.0. The Morgan fingerprint density at radius 1 is 0.947 bits per heavy atom. The Bertz CT molecular complexity index is 803. The van der Waals surface area contributed by atoms with E-state index in [1.807, 2.05) is 30.3 Å². The standard InChI is InChI=1S/C15H10O4/c16-12-8-11(9-4-2-1-3-5-9)10-6-7-13(17)19-15(10)14(12)18/h1-8,16,18H. The first kappa shape index (κ1) is 11.3. The first-order chi connectivity index (χ1) is 9.16. The number of rotatable bonds is 1. The summed E-state index contributed by atoms with van der Waals surface area (Å²) in [5.41, 5.74) is 0.963. The minimum Gasteiger partial charge on any atom is -0.504 e. The van der Waals surface area contributed by atoms with Gasteiger partial charge in [0.25, 0.3) is 0 Å². The van der Waals surface area contributed by atoms with Gasteiger partial charge in [0.15, 0.2) is 11.3 Å². The highest BCUT2D eigenvalue weighted by atomic mass is 16.4. The fourth-order valence-corrected chi connectivity index (χ4v) is 2.06. The molecule has 0 unspecified atom stereocenters. The zero-order valence-corrected chi connectivity index (χ0v) is 9.83. The van der Waals surface area contributed by atoms with Crippen LogP contribution in [0.1, 0.15) is 0 Å². The van der Waals surface area contributed by atoms with E-state index in [-0.39, 0.29) is 11.3 Å². The number of hydrogen-bond donors (Lipinski definition) is 2. The van der Waals surface area contributed by atoms with E-state index in [1.165, 1.54) is 12.1 Å². The van der Waals surface area contributed by atoms with Gasteiger partial charge < -0.3 is 14.6 Å². The van der Waals surface area contributed by atoms with Gasteiger partial charge in [0, 0.05) is 11.5 Å². The maximum absolute atomic E-state index is 11.2. The second-order valence-electron chi connectivity index (χ2n) is 4.16. The van der Waals surface area contributed by atoms with Crippen LogP contribution in [0.3, 0.4) is 0 Å². The SMILES string of the molecule is O=c1ccc2c(-c3ccccc3)cc(O)c(O)c2o1. The molecule has 3 aromatic rings. The molecule has 2 aromatic carbocycles. The van der Waals surface area contributed by atoms with Gasteiger partial charge in [-0.1, -0.05) is 30.3 Å². The molecule has 3 rings (SSSR count). The smallest absolute Gasteiger partial charge is 0.336 e. The summed E-state index contributed by atoms with van der Waals surface area (Å²) in [4.78, 5) is 11.2. The van der Waals surface area contributed by atoms with Crippen molar-refractivity contribution in [1.29, 1.82) is 0 Å². The van der Waals surface area contributed by atoms with Crippen molar-refractivity contribution in [3.63, 3.8) is 0 Å². The Balaban J connectivity index is 2.44. The van der Waals surface area contributed by atoms with E-state index in [1.54, 1.807) is 6.07 Å². The van der Waals surface area contributed by atoms with Crippen LogP contribution in [0.25, 0.3) is 22.1 Å². The normalized spacial score (nSPS) is 10.7. The average Bonchev–Trinajstić information content (AvgIpc) is 2.44. The zero-order chi connectivity index (χ0) is 13.4. The minimum absolute atomic E-state index is 0.00801. The predicted molar refractivity (Wildman–Crippen MR) is 71.2 cm³/mol. The maximum atomic E-state index is 11.2. The second kappa shape index (κ2) is 4.17. The van der Waals surface area contributed by atoms with Gasteiger partial charge in [-0.25, -0.2) is 4.79 Å². The van der Waals surface area contributed by atoms with Crippen molar-refractivity contribution in [2.24, 2.45) is 0 Å². The number of hydrogen-bond acceptors (Lipinski definition) is 4. The van der Waals surface area contributed by atoms with Gasteiger partial charge in [-0.15, -0.1) is 0 Å². The molecule has 2 N–H and O–H groups in total. The third kappa shape index (κ3) is 1.83. The van der Waals surface area contributed by atoms with E-state index in [0.29, 0.717) is 10.9 Å². The van der Waals surface area contributed by atoms with E-state index < -0.39 is 11.4 Å². The number of fused-ring (bicyclic) bond motifs is 1. The van der Waals surface area contributed by atoms with Crippen LogP contribution in [0, 0.1) is 0 Å². The van der Waals surface area contributed by atoms with Crippen LogP contribution >= 0.6 is 0 Å². The van der Waals surface area contributed by atoms with Crippen LogP contribution in [-0.2, 0) is 0 Å². The molecule has 0 atom stereocenters. The van der Waals surface area contributed by atoms with Crippen molar-refractivity contribution in [2.75, 3.05) is 0 Å². The van der Waals surface area contributed by atoms with Crippen LogP contribution < -0.4 is 5.63 Å². The number of phenols is 2. The Labute approximate surface area is 108 Å². The van der Waals surface area contributed by atoms with E-state index in [4.69, 9.17) is 4.42 Å². The molecule has 0 fully saturated rings. The largest absolute Gasteiger partial charge is 0.504 e. The summed E-state index contributed by atoms with van der Waals surface area (Å²) in [7, 11) is 0. The predicted octanol–water partition coefficient (Wildman–Crippen LogP) is 2.87. The number of aromatic hydroxyl groups is 2. The van der Waals surface area contributed by atoms with Crippen LogP contribution in [0.4, 0.5) is 0 Å². The summed E-state index contributed by atoms with van der Waals surface area (Å²) in [5.74, 6) is -0.743. The lowest BCUT2D eigenvalue weighted by Crippen LogP contribution is -1.95. The molecule has 94 valence electrons. The summed E-state index contributed by atoms with van der Waals surface area (Å²) in [6.45, 7) is 0. The van der Waals surface area contributed by atoms with Crippen molar-refractivity contribution in [1.82, 2.24) is 0 Å². The van der Waals surface area contributed by atoms with Crippen molar-refractivity contribution in [3.05, 3.63) is 59.0 Å². The van der Waals surface area contributed by atoms with E-state index in [0.717, 1.165) is 5.56 Å². The lowest BCUT2D eigenvalue weighted by molar-refractivity contribution is 0.398. The highest BCUT2D eigenvalue weighted by Gasteiger charge is 2.14. The highest BCUT2D eigenvalue weighted by molar-refractivity contribution is 5.98. The third-order valence-corrected chi connectivity index (χ3v) is 2.95. The van der Waals surface area contributed by atoms with Crippen LogP contribution in [0.5, 0.6) is 11.5 Å². The van der Waals surface area contributed by atoms with Gasteiger partial charge in [0.05, 0.1) is 0 Å². The fourth-order valence-electron chi connectivity index (χ4n) is 2.06. The van der Waals surface area contributed by atoms with Crippen LogP contribution in [0.15, 0.2) is 57.7 Å². The molecular formula is C15H10O4. The summed E-state index contributed by atoms with van der Waals surface area (Å²) in [6.07, 6.45) is 0. The highest BCUT2D eigenvalue weighted by Crippen LogP contribution is 2.39. The average molecular weight is 254 g/mol. The van der Waals surface area contributed by atoms with Crippen LogP contribution in [0.2, 0.25) is 0 Å². The second-order valence-corrected chi connectivity index (χ2v) is 4.16. The molecule has 0 amide bonds. The van der Waals surface area contributed by atoms with Gasteiger partial charge in [0.2, 0.25) is 5.75 Å². The van der Waals surface area contributed by atoms with Crippen molar-refractivity contribution in [3.8, 4) is 22.6 Å². The third-order valence-electron chi connectivity index (χ3n) is 2.95. The Hall–Kier alpha value is -2.75. The van der Waals surface area contributed by atoms with Crippen LogP contribution in [-0.4, -0.2) is 10.2 Å². The Morgan fingerprint density at radius 3 is 2.42 bits per heavy atom. The Kier molecular flexibility index (Phi) is 2.49. The van der Waals surface area contributed by atoms with Gasteiger partial charge in [-0.05, 0) is 23.3 Å². The Morgan fingerprint density at radius 2 is 1.68 bits per heavy atom. The molecule has 4 nitrogen and oxygen atoms in total. The van der Waals surface area contributed by atoms with Gasteiger partial charge in [-0.3, -0.25) is 0 Å². The molecule has 0 radical (unpaired) electrons. The van der Waals surface area contributed by atoms with E-state index in [9.17, 15) is 15.0 Å². The van der Waals surface area contributed by atoms with Crippen molar-refractivity contribution < 1.29 is 14.6 Å². The first-order valence-electron chi connectivity index (χ1n) is 5.71. The summed E-state index contributed by atoms with van der Waals surface area (Å²) in [6, 6.07) is 13.7. The van der Waals surface area contributed by atoms with Crippen molar-refractivity contribution in [2.45, 2.75) is 0 Å². The van der Waals surface area contributed by atoms with Gasteiger partial charge in [-0.2, -0.15) is 0 Å². The summed E-state index contributed by atoms with van der Waals surface area (Å²) in [5, 5.41) is 20.1. The summed E-state index contributed by atoms with van der Waals surface area (Å²) < 4.78 is 4.97.